The van der Waals surface area contributed by atoms with Crippen LogP contribution in [0.15, 0.2) is 24.3 Å². The standard InChI is InChI=1S/C19H29N3S/c1-3-11-22-16-8-6-9-17(22)13-15(12-16)20-19(23)21-18-10-5-4-7-14(18)2/h4-5,7,10,15-17H,3,6,8-9,11-13H2,1-2H3,(H2,20,21,23)/t15?,16-,17+. The minimum atomic E-state index is 0.516. The highest BCUT2D eigenvalue weighted by atomic mass is 32.1. The van der Waals surface area contributed by atoms with Gasteiger partial charge in [-0.15, -0.1) is 0 Å². The Balaban J connectivity index is 1.57. The fourth-order valence-electron chi connectivity index (χ4n) is 4.28. The van der Waals surface area contributed by atoms with Gasteiger partial charge in [0.2, 0.25) is 0 Å². The molecule has 4 heteroatoms. The van der Waals surface area contributed by atoms with Gasteiger partial charge in [0.05, 0.1) is 0 Å². The van der Waals surface area contributed by atoms with Crippen molar-refractivity contribution in [2.75, 3.05) is 11.9 Å². The Labute approximate surface area is 145 Å². The first-order valence-electron chi connectivity index (χ1n) is 9.06. The molecule has 3 nitrogen and oxygen atoms in total. The maximum Gasteiger partial charge on any atom is 0.171 e. The summed E-state index contributed by atoms with van der Waals surface area (Å²) in [5.74, 6) is 0. The number of thiocarbonyl (C=S) groups is 1. The van der Waals surface area contributed by atoms with Crippen LogP contribution in [-0.2, 0) is 0 Å². The van der Waals surface area contributed by atoms with E-state index in [0.717, 1.165) is 22.9 Å². The molecular weight excluding hydrogens is 302 g/mol. The Morgan fingerprint density at radius 3 is 2.57 bits per heavy atom. The molecule has 2 saturated heterocycles. The van der Waals surface area contributed by atoms with Crippen molar-refractivity contribution in [1.29, 1.82) is 0 Å². The van der Waals surface area contributed by atoms with Gasteiger partial charge in [0.1, 0.15) is 0 Å². The zero-order valence-corrected chi connectivity index (χ0v) is 15.2. The van der Waals surface area contributed by atoms with Crippen molar-refractivity contribution in [2.24, 2.45) is 0 Å². The first-order chi connectivity index (χ1) is 11.2. The molecule has 0 aliphatic carbocycles. The molecule has 3 rings (SSSR count). The number of para-hydroxylation sites is 1. The molecule has 2 N–H and O–H groups in total. The lowest BCUT2D eigenvalue weighted by atomic mass is 9.81. The van der Waals surface area contributed by atoms with Crippen molar-refractivity contribution in [2.45, 2.75) is 70.5 Å². The van der Waals surface area contributed by atoms with Crippen LogP contribution < -0.4 is 10.6 Å². The van der Waals surface area contributed by atoms with Gasteiger partial charge >= 0.3 is 0 Å². The van der Waals surface area contributed by atoms with Gasteiger partial charge in [-0.25, -0.2) is 0 Å². The number of nitrogens with zero attached hydrogens (tertiary/aromatic N) is 1. The lowest BCUT2D eigenvalue weighted by molar-refractivity contribution is 0.0284. The van der Waals surface area contributed by atoms with Gasteiger partial charge in [-0.1, -0.05) is 31.5 Å². The quantitative estimate of drug-likeness (QED) is 0.813. The van der Waals surface area contributed by atoms with E-state index in [1.807, 2.05) is 6.07 Å². The van der Waals surface area contributed by atoms with E-state index in [4.69, 9.17) is 12.2 Å². The molecule has 1 aromatic carbocycles. The lowest BCUT2D eigenvalue weighted by Crippen LogP contribution is -2.57. The molecule has 2 aliphatic rings. The van der Waals surface area contributed by atoms with Gasteiger partial charge in [0, 0.05) is 23.8 Å². The molecule has 3 atom stereocenters. The van der Waals surface area contributed by atoms with Gasteiger partial charge < -0.3 is 10.6 Å². The highest BCUT2D eigenvalue weighted by Gasteiger charge is 2.37. The summed E-state index contributed by atoms with van der Waals surface area (Å²) in [4.78, 5) is 2.76. The zero-order valence-electron chi connectivity index (χ0n) is 14.3. The summed E-state index contributed by atoms with van der Waals surface area (Å²) in [5, 5.41) is 7.72. The van der Waals surface area contributed by atoms with E-state index in [1.54, 1.807) is 0 Å². The molecule has 0 spiro atoms. The number of fused-ring (bicyclic) bond motifs is 2. The summed E-state index contributed by atoms with van der Waals surface area (Å²) in [6, 6.07) is 10.3. The summed E-state index contributed by atoms with van der Waals surface area (Å²) >= 11 is 5.55. The molecule has 0 saturated carbocycles. The topological polar surface area (TPSA) is 27.3 Å². The first kappa shape index (κ1) is 16.7. The fourth-order valence-corrected chi connectivity index (χ4v) is 4.55. The van der Waals surface area contributed by atoms with Crippen molar-refractivity contribution < 1.29 is 0 Å². The third-order valence-electron chi connectivity index (χ3n) is 5.34. The van der Waals surface area contributed by atoms with Crippen molar-refractivity contribution >= 4 is 23.0 Å². The number of piperidine rings is 2. The summed E-state index contributed by atoms with van der Waals surface area (Å²) in [7, 11) is 0. The summed E-state index contributed by atoms with van der Waals surface area (Å²) in [6.45, 7) is 5.66. The molecule has 2 heterocycles. The highest BCUT2D eigenvalue weighted by molar-refractivity contribution is 7.80. The van der Waals surface area contributed by atoms with Gasteiger partial charge in [-0.3, -0.25) is 4.90 Å². The number of anilines is 1. The molecule has 0 radical (unpaired) electrons. The van der Waals surface area contributed by atoms with E-state index in [-0.39, 0.29) is 0 Å². The molecule has 126 valence electrons. The molecule has 1 unspecified atom stereocenters. The van der Waals surface area contributed by atoms with E-state index in [9.17, 15) is 0 Å². The van der Waals surface area contributed by atoms with Crippen LogP contribution in [0.25, 0.3) is 0 Å². The Morgan fingerprint density at radius 2 is 1.91 bits per heavy atom. The third-order valence-corrected chi connectivity index (χ3v) is 5.56. The second-order valence-corrected chi connectivity index (χ2v) is 7.47. The van der Waals surface area contributed by atoms with Gasteiger partial charge in [-0.2, -0.15) is 0 Å². The Hall–Kier alpha value is -1.13. The van der Waals surface area contributed by atoms with Crippen LogP contribution in [0.4, 0.5) is 5.69 Å². The summed E-state index contributed by atoms with van der Waals surface area (Å²) < 4.78 is 0. The van der Waals surface area contributed by atoms with E-state index >= 15 is 0 Å². The monoisotopic (exact) mass is 331 g/mol. The second kappa shape index (κ2) is 7.63. The largest absolute Gasteiger partial charge is 0.360 e. The SMILES string of the molecule is CCCN1[C@@H]2CCC[C@H]1CC(NC(=S)Nc1ccccc1C)C2. The van der Waals surface area contributed by atoms with Gasteiger partial charge in [-0.05, 0) is 69.4 Å². The number of nitrogens with one attached hydrogen (secondary N) is 2. The maximum atomic E-state index is 5.55. The van der Waals surface area contributed by atoms with Crippen LogP contribution in [0.1, 0.15) is 51.0 Å². The third kappa shape index (κ3) is 4.04. The number of aryl methyl sites for hydroxylation is 1. The predicted octanol–water partition coefficient (Wildman–Crippen LogP) is 4.08. The minimum absolute atomic E-state index is 0.516. The average molecular weight is 332 g/mol. The second-order valence-electron chi connectivity index (χ2n) is 7.06. The number of rotatable bonds is 4. The molecule has 23 heavy (non-hydrogen) atoms. The highest BCUT2D eigenvalue weighted by Crippen LogP contribution is 2.34. The van der Waals surface area contributed by atoms with Crippen LogP contribution in [0, 0.1) is 6.92 Å². The van der Waals surface area contributed by atoms with E-state index < -0.39 is 0 Å². The predicted molar refractivity (Wildman–Crippen MR) is 102 cm³/mol. The molecule has 0 amide bonds. The Morgan fingerprint density at radius 1 is 1.22 bits per heavy atom. The van der Waals surface area contributed by atoms with Gasteiger partial charge in [0.15, 0.2) is 5.11 Å². The van der Waals surface area contributed by atoms with Crippen LogP contribution in [-0.4, -0.2) is 34.7 Å². The molecule has 2 bridgehead atoms. The van der Waals surface area contributed by atoms with Crippen LogP contribution in [0.2, 0.25) is 0 Å². The number of hydrogen-bond donors (Lipinski definition) is 2. The summed E-state index contributed by atoms with van der Waals surface area (Å²) in [5.41, 5.74) is 2.33. The number of benzene rings is 1. The fraction of sp³-hybridized carbons (Fsp3) is 0.632. The molecule has 0 aromatic heterocycles. The van der Waals surface area contributed by atoms with E-state index in [0.29, 0.717) is 6.04 Å². The Kier molecular flexibility index (Phi) is 5.54. The smallest absolute Gasteiger partial charge is 0.171 e. The molecule has 2 fully saturated rings. The van der Waals surface area contributed by atoms with Crippen molar-refractivity contribution in [3.05, 3.63) is 29.8 Å². The summed E-state index contributed by atoms with van der Waals surface area (Å²) in [6.07, 6.45) is 7.82. The normalized spacial score (nSPS) is 27.5. The Bertz CT molecular complexity index is 531. The van der Waals surface area contributed by atoms with Crippen LogP contribution in [0.5, 0.6) is 0 Å². The number of hydrogen-bond acceptors (Lipinski definition) is 2. The lowest BCUT2D eigenvalue weighted by Gasteiger charge is -2.49. The van der Waals surface area contributed by atoms with Crippen LogP contribution >= 0.6 is 12.2 Å². The van der Waals surface area contributed by atoms with Crippen LogP contribution in [0.3, 0.4) is 0 Å². The maximum absolute atomic E-state index is 5.55. The average Bonchev–Trinajstić information content (AvgIpc) is 2.50. The molecule has 2 aliphatic heterocycles. The minimum Gasteiger partial charge on any atom is -0.360 e. The zero-order chi connectivity index (χ0) is 16.2. The van der Waals surface area contributed by atoms with Gasteiger partial charge in [0.25, 0.3) is 0 Å². The van der Waals surface area contributed by atoms with E-state index in [1.165, 1.54) is 50.6 Å². The molecular formula is C19H29N3S. The van der Waals surface area contributed by atoms with Crippen molar-refractivity contribution in [3.63, 3.8) is 0 Å². The van der Waals surface area contributed by atoms with Crippen molar-refractivity contribution in [3.8, 4) is 0 Å². The molecule has 1 aromatic rings. The van der Waals surface area contributed by atoms with Crippen molar-refractivity contribution in [1.82, 2.24) is 10.2 Å². The first-order valence-corrected chi connectivity index (χ1v) is 9.47. The van der Waals surface area contributed by atoms with E-state index in [2.05, 4.69) is 47.6 Å².